The molecule has 6 nitrogen and oxygen atoms in total. The van der Waals surface area contributed by atoms with Crippen LogP contribution in [-0.2, 0) is 30.9 Å². The van der Waals surface area contributed by atoms with Gasteiger partial charge in [-0.3, -0.25) is 14.3 Å². The summed E-state index contributed by atoms with van der Waals surface area (Å²) >= 11 is 1.54. The maximum Gasteiger partial charge on any atom is 0.262 e. The van der Waals surface area contributed by atoms with Gasteiger partial charge in [0.15, 0.2) is 11.6 Å². The van der Waals surface area contributed by atoms with Crippen molar-refractivity contribution in [3.05, 3.63) is 147 Å². The zero-order valence-electron chi connectivity index (χ0n) is 26.0. The topological polar surface area (TPSA) is 66.2 Å². The number of hydrogen-bond acceptors (Lipinski definition) is 6. The molecule has 232 valence electrons. The van der Waals surface area contributed by atoms with Gasteiger partial charge >= 0.3 is 0 Å². The maximum absolute atomic E-state index is 15.4. The molecule has 3 aromatic carbocycles. The Morgan fingerprint density at radius 2 is 1.52 bits per heavy atom. The van der Waals surface area contributed by atoms with Gasteiger partial charge in [0.05, 0.1) is 34.8 Å². The number of aromatic nitrogens is 3. The average molecular weight is 632 g/mol. The lowest BCUT2D eigenvalue weighted by molar-refractivity contribution is 0.181. The minimum Gasteiger partial charge on any atom is -0.485 e. The summed E-state index contributed by atoms with van der Waals surface area (Å²) in [5.41, 5.74) is 5.92. The van der Waals surface area contributed by atoms with E-state index in [9.17, 15) is 4.79 Å². The quantitative estimate of drug-likeness (QED) is 0.144. The van der Waals surface area contributed by atoms with Gasteiger partial charge in [-0.25, -0.2) is 9.37 Å². The molecule has 6 aromatic rings. The fourth-order valence-electron chi connectivity index (χ4n) is 5.52. The van der Waals surface area contributed by atoms with E-state index in [0.717, 1.165) is 37.8 Å². The Morgan fingerprint density at radius 3 is 2.26 bits per heavy atom. The highest BCUT2D eigenvalue weighted by molar-refractivity contribution is 7.16. The second kappa shape index (κ2) is 14.0. The van der Waals surface area contributed by atoms with Gasteiger partial charge in [0.1, 0.15) is 12.4 Å². The van der Waals surface area contributed by atoms with Crippen LogP contribution < -0.4 is 10.3 Å². The van der Waals surface area contributed by atoms with Crippen LogP contribution in [0.3, 0.4) is 0 Å². The molecule has 0 fully saturated rings. The smallest absolute Gasteiger partial charge is 0.262 e. The molecular formula is C38H34FN3O3S. The number of nitrogens with zero attached hydrogens (tertiary/aromatic N) is 3. The first kappa shape index (κ1) is 31.1. The summed E-state index contributed by atoms with van der Waals surface area (Å²) in [4.78, 5) is 26.1. The summed E-state index contributed by atoms with van der Waals surface area (Å²) in [5.74, 6) is -0.0805. The Labute approximate surface area is 271 Å². The lowest BCUT2D eigenvalue weighted by atomic mass is 10.1. The van der Waals surface area contributed by atoms with Gasteiger partial charge in [-0.15, -0.1) is 11.3 Å². The molecule has 0 unspecified atom stereocenters. The first-order valence-electron chi connectivity index (χ1n) is 15.1. The van der Waals surface area contributed by atoms with Crippen molar-refractivity contribution < 1.29 is 13.9 Å². The molecule has 0 saturated heterocycles. The summed E-state index contributed by atoms with van der Waals surface area (Å²) in [5, 5.41) is 0. The van der Waals surface area contributed by atoms with Crippen LogP contribution in [0.15, 0.2) is 108 Å². The molecule has 0 saturated carbocycles. The monoisotopic (exact) mass is 631 g/mol. The average Bonchev–Trinajstić information content (AvgIpc) is 3.45. The van der Waals surface area contributed by atoms with E-state index < -0.39 is 5.82 Å². The lowest BCUT2D eigenvalue weighted by Gasteiger charge is -2.18. The number of benzene rings is 3. The number of methoxy groups -OCH3 is 1. The van der Waals surface area contributed by atoms with Gasteiger partial charge in [-0.1, -0.05) is 72.8 Å². The largest absolute Gasteiger partial charge is 0.485 e. The molecule has 0 aliphatic heterocycles. The van der Waals surface area contributed by atoms with Gasteiger partial charge in [0.25, 0.3) is 5.56 Å². The molecule has 0 aliphatic carbocycles. The van der Waals surface area contributed by atoms with Crippen molar-refractivity contribution in [2.24, 2.45) is 0 Å². The Bertz CT molecular complexity index is 2020. The van der Waals surface area contributed by atoms with Crippen molar-refractivity contribution in [2.75, 3.05) is 7.11 Å². The van der Waals surface area contributed by atoms with Gasteiger partial charge in [0, 0.05) is 29.0 Å². The van der Waals surface area contributed by atoms with Crippen LogP contribution in [0.2, 0.25) is 0 Å². The van der Waals surface area contributed by atoms with E-state index in [2.05, 4.69) is 0 Å². The van der Waals surface area contributed by atoms with Crippen LogP contribution >= 0.6 is 11.3 Å². The zero-order chi connectivity index (χ0) is 32.0. The van der Waals surface area contributed by atoms with Gasteiger partial charge in [-0.2, -0.15) is 0 Å². The van der Waals surface area contributed by atoms with Gasteiger partial charge in [0.2, 0.25) is 0 Å². The molecule has 0 radical (unpaired) electrons. The van der Waals surface area contributed by atoms with Crippen LogP contribution in [0.4, 0.5) is 4.39 Å². The highest BCUT2D eigenvalue weighted by atomic mass is 32.1. The Kier molecular flexibility index (Phi) is 9.47. The molecule has 0 atom stereocenters. The molecule has 6 rings (SSSR count). The molecular weight excluding hydrogens is 598 g/mol. The number of rotatable bonds is 11. The van der Waals surface area contributed by atoms with Crippen molar-refractivity contribution in [2.45, 2.75) is 40.0 Å². The summed E-state index contributed by atoms with van der Waals surface area (Å²) in [6, 6.07) is 32.2. The molecule has 46 heavy (non-hydrogen) atoms. The van der Waals surface area contributed by atoms with E-state index in [1.165, 1.54) is 17.4 Å². The van der Waals surface area contributed by atoms with Crippen LogP contribution in [0.25, 0.3) is 33.1 Å². The predicted octanol–water partition coefficient (Wildman–Crippen LogP) is 8.42. The third kappa shape index (κ3) is 6.68. The lowest BCUT2D eigenvalue weighted by Crippen LogP contribution is -2.27. The molecule has 3 aromatic heterocycles. The Morgan fingerprint density at radius 1 is 0.804 bits per heavy atom. The number of pyridine rings is 1. The maximum atomic E-state index is 15.4. The van der Waals surface area contributed by atoms with E-state index >= 15 is 4.39 Å². The summed E-state index contributed by atoms with van der Waals surface area (Å²) in [7, 11) is 1.65. The second-order valence-electron chi connectivity index (χ2n) is 11.0. The highest BCUT2D eigenvalue weighted by Crippen LogP contribution is 2.38. The van der Waals surface area contributed by atoms with Gasteiger partial charge < -0.3 is 9.47 Å². The molecule has 0 N–H and O–H groups in total. The van der Waals surface area contributed by atoms with Crippen molar-refractivity contribution in [1.82, 2.24) is 14.5 Å². The van der Waals surface area contributed by atoms with E-state index in [1.807, 2.05) is 98.8 Å². The van der Waals surface area contributed by atoms with E-state index in [0.29, 0.717) is 42.2 Å². The molecule has 0 bridgehead atoms. The number of ether oxygens (including phenoxy) is 2. The molecule has 8 heteroatoms. The number of halogens is 1. The zero-order valence-corrected chi connectivity index (χ0v) is 26.8. The standard InChI is InChI=1S/C38H34FN3O3S/c1-25-35(34-22-31(26(2)46-34)33-19-10-16-29(41-33)24-44-3)38(43)42(21-20-27-12-6-4-7-13-27)37(40-25)30-17-11-18-32(39)36(30)45-23-28-14-8-5-9-15-28/h4-19,22H,20-21,23-24H2,1-3H3. The molecule has 0 spiro atoms. The number of para-hydroxylation sites is 1. The molecule has 3 heterocycles. The van der Waals surface area contributed by atoms with Crippen molar-refractivity contribution in [3.63, 3.8) is 0 Å². The Hall–Kier alpha value is -4.92. The van der Waals surface area contributed by atoms with E-state index in [-0.39, 0.29) is 17.9 Å². The van der Waals surface area contributed by atoms with Crippen molar-refractivity contribution in [3.8, 4) is 38.8 Å². The third-order valence-electron chi connectivity index (χ3n) is 7.79. The predicted molar refractivity (Wildman–Crippen MR) is 182 cm³/mol. The second-order valence-corrected chi connectivity index (χ2v) is 12.3. The fraction of sp³-hybridized carbons (Fsp3) is 0.184. The van der Waals surface area contributed by atoms with E-state index in [1.54, 1.807) is 23.8 Å². The summed E-state index contributed by atoms with van der Waals surface area (Å²) in [6.07, 6.45) is 0.596. The van der Waals surface area contributed by atoms with Crippen LogP contribution in [0.5, 0.6) is 5.75 Å². The first-order chi connectivity index (χ1) is 22.4. The van der Waals surface area contributed by atoms with Gasteiger partial charge in [-0.05, 0) is 61.7 Å². The van der Waals surface area contributed by atoms with Crippen LogP contribution in [-0.4, -0.2) is 21.6 Å². The van der Waals surface area contributed by atoms with Crippen LogP contribution in [0, 0.1) is 19.7 Å². The molecule has 0 aliphatic rings. The normalized spacial score (nSPS) is 11.1. The summed E-state index contributed by atoms with van der Waals surface area (Å²) < 4.78 is 28.4. The third-order valence-corrected chi connectivity index (χ3v) is 8.86. The van der Waals surface area contributed by atoms with Crippen molar-refractivity contribution >= 4 is 11.3 Å². The minimum absolute atomic E-state index is 0.0649. The summed E-state index contributed by atoms with van der Waals surface area (Å²) in [6.45, 7) is 4.81. The fourth-order valence-corrected chi connectivity index (χ4v) is 6.64. The first-order valence-corrected chi connectivity index (χ1v) is 15.9. The highest BCUT2D eigenvalue weighted by Gasteiger charge is 2.23. The minimum atomic E-state index is -0.513. The number of aryl methyl sites for hydroxylation is 3. The Balaban J connectivity index is 1.46. The SMILES string of the molecule is COCc1cccc(-c2cc(-c3c(C)nc(-c4cccc(F)c4OCc4ccccc4)n(CCc4ccccc4)c3=O)sc2C)n1. The number of thiophene rings is 1. The van der Waals surface area contributed by atoms with E-state index in [4.69, 9.17) is 19.4 Å². The number of hydrogen-bond donors (Lipinski definition) is 0. The van der Waals surface area contributed by atoms with Crippen molar-refractivity contribution in [1.29, 1.82) is 0 Å². The van der Waals surface area contributed by atoms with Crippen LogP contribution in [0.1, 0.15) is 27.4 Å². The molecule has 0 amide bonds.